The van der Waals surface area contributed by atoms with Gasteiger partial charge in [-0.1, -0.05) is 13.8 Å². The zero-order valence-corrected chi connectivity index (χ0v) is 14.1. The molecule has 2 nitrogen and oxygen atoms in total. The first-order chi connectivity index (χ1) is 8.39. The number of hydrogen-bond donors (Lipinski definition) is 1. The highest BCUT2D eigenvalue weighted by Gasteiger charge is 2.34. The molecule has 4 heteroatoms. The zero-order valence-electron chi connectivity index (χ0n) is 11.7. The smallest absolute Gasteiger partial charge is 0.0343 e. The number of nitrogens with one attached hydrogen (secondary N) is 1. The van der Waals surface area contributed by atoms with Crippen LogP contribution in [0.2, 0.25) is 0 Å². The van der Waals surface area contributed by atoms with Gasteiger partial charge in [-0.25, -0.2) is 0 Å². The molecule has 2 heterocycles. The minimum Gasteiger partial charge on any atom is -0.309 e. The van der Waals surface area contributed by atoms with E-state index in [0.29, 0.717) is 12.0 Å². The van der Waals surface area contributed by atoms with E-state index in [1.54, 1.807) is 0 Å². The van der Waals surface area contributed by atoms with Crippen molar-refractivity contribution >= 4 is 27.3 Å². The Morgan fingerprint density at radius 1 is 1.56 bits per heavy atom. The van der Waals surface area contributed by atoms with E-state index in [4.69, 9.17) is 0 Å². The van der Waals surface area contributed by atoms with Gasteiger partial charge in [-0.15, -0.1) is 11.3 Å². The maximum absolute atomic E-state index is 3.66. The van der Waals surface area contributed by atoms with Gasteiger partial charge in [0, 0.05) is 40.6 Å². The summed E-state index contributed by atoms with van der Waals surface area (Å²) in [7, 11) is 0. The van der Waals surface area contributed by atoms with Crippen molar-refractivity contribution in [2.75, 3.05) is 13.1 Å². The Labute approximate surface area is 123 Å². The highest BCUT2D eigenvalue weighted by molar-refractivity contribution is 9.10. The molecule has 102 valence electrons. The summed E-state index contributed by atoms with van der Waals surface area (Å²) in [6, 6.07) is 2.78. The van der Waals surface area contributed by atoms with Crippen molar-refractivity contribution in [3.05, 3.63) is 20.8 Å². The highest BCUT2D eigenvalue weighted by Crippen LogP contribution is 2.28. The van der Waals surface area contributed by atoms with Crippen LogP contribution in [0.3, 0.4) is 0 Å². The fourth-order valence-corrected chi connectivity index (χ4v) is 4.15. The first-order valence-electron chi connectivity index (χ1n) is 6.60. The van der Waals surface area contributed by atoms with E-state index in [2.05, 4.69) is 65.3 Å². The predicted molar refractivity (Wildman–Crippen MR) is 83.1 cm³/mol. The summed E-state index contributed by atoms with van der Waals surface area (Å²) in [5.74, 6) is 0.687. The van der Waals surface area contributed by atoms with E-state index in [-0.39, 0.29) is 5.54 Å². The second kappa shape index (κ2) is 5.61. The van der Waals surface area contributed by atoms with Gasteiger partial charge in [-0.2, -0.15) is 0 Å². The topological polar surface area (TPSA) is 15.3 Å². The van der Waals surface area contributed by atoms with Gasteiger partial charge < -0.3 is 5.32 Å². The van der Waals surface area contributed by atoms with Gasteiger partial charge in [-0.3, -0.25) is 4.90 Å². The van der Waals surface area contributed by atoms with Crippen molar-refractivity contribution < 1.29 is 0 Å². The fraction of sp³-hybridized carbons (Fsp3) is 0.714. The molecule has 1 unspecified atom stereocenters. The van der Waals surface area contributed by atoms with Crippen LogP contribution in [0, 0.1) is 5.92 Å². The lowest BCUT2D eigenvalue weighted by molar-refractivity contribution is 0.0634. The number of hydrogen-bond acceptors (Lipinski definition) is 3. The van der Waals surface area contributed by atoms with Crippen LogP contribution < -0.4 is 5.32 Å². The molecule has 1 saturated heterocycles. The van der Waals surface area contributed by atoms with Crippen molar-refractivity contribution in [2.45, 2.75) is 45.8 Å². The summed E-state index contributed by atoms with van der Waals surface area (Å²) in [5, 5.41) is 5.83. The van der Waals surface area contributed by atoms with Crippen LogP contribution in [0.5, 0.6) is 0 Å². The third-order valence-corrected chi connectivity index (χ3v) is 5.58. The van der Waals surface area contributed by atoms with Gasteiger partial charge in [0.25, 0.3) is 0 Å². The quantitative estimate of drug-likeness (QED) is 0.908. The number of rotatable bonds is 3. The molecular weight excluding hydrogens is 308 g/mol. The fourth-order valence-electron chi connectivity index (χ4n) is 2.64. The van der Waals surface area contributed by atoms with Crippen molar-refractivity contribution in [1.82, 2.24) is 10.2 Å². The van der Waals surface area contributed by atoms with Crippen LogP contribution in [0.25, 0.3) is 0 Å². The number of piperazine rings is 1. The normalized spacial score (nSPS) is 24.7. The Morgan fingerprint density at radius 3 is 2.83 bits per heavy atom. The average molecular weight is 331 g/mol. The zero-order chi connectivity index (χ0) is 13.3. The lowest BCUT2D eigenvalue weighted by Crippen LogP contribution is -2.62. The molecule has 2 rings (SSSR count). The van der Waals surface area contributed by atoms with Gasteiger partial charge in [0.15, 0.2) is 0 Å². The van der Waals surface area contributed by atoms with Gasteiger partial charge >= 0.3 is 0 Å². The highest BCUT2D eigenvalue weighted by atomic mass is 79.9. The van der Waals surface area contributed by atoms with Crippen molar-refractivity contribution in [2.24, 2.45) is 5.92 Å². The molecule has 0 aliphatic carbocycles. The Morgan fingerprint density at radius 2 is 2.28 bits per heavy atom. The van der Waals surface area contributed by atoms with Crippen molar-refractivity contribution in [3.63, 3.8) is 0 Å². The summed E-state index contributed by atoms with van der Waals surface area (Å²) in [6.07, 6.45) is 0. The lowest BCUT2D eigenvalue weighted by Gasteiger charge is -2.46. The molecule has 0 bridgehead atoms. The molecule has 0 saturated carbocycles. The number of nitrogens with zero attached hydrogens (tertiary/aromatic N) is 1. The van der Waals surface area contributed by atoms with Crippen LogP contribution in [0.4, 0.5) is 0 Å². The van der Waals surface area contributed by atoms with E-state index < -0.39 is 0 Å². The molecule has 1 aliphatic rings. The standard InChI is InChI=1S/C14H23BrN2S/c1-10(2)12-7-16-14(3,4)9-17(12)8-13-11(15)5-6-18-13/h5-6,10,12,16H,7-9H2,1-4H3. The van der Waals surface area contributed by atoms with E-state index in [0.717, 1.165) is 19.6 Å². The molecule has 1 fully saturated rings. The monoisotopic (exact) mass is 330 g/mol. The van der Waals surface area contributed by atoms with Crippen LogP contribution in [0.1, 0.15) is 32.6 Å². The van der Waals surface area contributed by atoms with Gasteiger partial charge in [0.2, 0.25) is 0 Å². The molecule has 1 N–H and O–H groups in total. The van der Waals surface area contributed by atoms with Crippen LogP contribution in [0.15, 0.2) is 15.9 Å². The molecule has 0 spiro atoms. The number of halogens is 1. The van der Waals surface area contributed by atoms with E-state index in [1.165, 1.54) is 9.35 Å². The maximum atomic E-state index is 3.66. The van der Waals surface area contributed by atoms with Gasteiger partial charge in [0.05, 0.1) is 0 Å². The number of thiophene rings is 1. The summed E-state index contributed by atoms with van der Waals surface area (Å²) < 4.78 is 1.26. The van der Waals surface area contributed by atoms with Crippen molar-refractivity contribution in [3.8, 4) is 0 Å². The molecule has 18 heavy (non-hydrogen) atoms. The van der Waals surface area contributed by atoms with Crippen LogP contribution in [-0.4, -0.2) is 29.6 Å². The van der Waals surface area contributed by atoms with Crippen molar-refractivity contribution in [1.29, 1.82) is 0 Å². The van der Waals surface area contributed by atoms with Crippen LogP contribution >= 0.6 is 27.3 Å². The summed E-state index contributed by atoms with van der Waals surface area (Å²) in [5.41, 5.74) is 0.217. The Hall–Kier alpha value is 0.100. The molecule has 0 aromatic carbocycles. The van der Waals surface area contributed by atoms with E-state index in [9.17, 15) is 0 Å². The predicted octanol–water partition coefficient (Wildman–Crippen LogP) is 3.72. The molecule has 1 aromatic heterocycles. The Bertz CT molecular complexity index is 400. The summed E-state index contributed by atoms with van der Waals surface area (Å²) >= 11 is 5.49. The van der Waals surface area contributed by atoms with E-state index in [1.807, 2.05) is 11.3 Å². The summed E-state index contributed by atoms with van der Waals surface area (Å²) in [4.78, 5) is 4.08. The Balaban J connectivity index is 2.13. The largest absolute Gasteiger partial charge is 0.309 e. The van der Waals surface area contributed by atoms with Gasteiger partial charge in [-0.05, 0) is 47.1 Å². The molecule has 0 radical (unpaired) electrons. The minimum absolute atomic E-state index is 0.217. The molecule has 1 atom stereocenters. The first-order valence-corrected chi connectivity index (χ1v) is 8.27. The first kappa shape index (κ1) is 14.5. The van der Waals surface area contributed by atoms with Gasteiger partial charge in [0.1, 0.15) is 0 Å². The molecule has 0 amide bonds. The molecular formula is C14H23BrN2S. The average Bonchev–Trinajstić information content (AvgIpc) is 2.62. The third kappa shape index (κ3) is 3.35. The second-order valence-electron chi connectivity index (χ2n) is 6.17. The van der Waals surface area contributed by atoms with Crippen LogP contribution in [-0.2, 0) is 6.54 Å². The SMILES string of the molecule is CC(C)C1CNC(C)(C)CN1Cc1sccc1Br. The second-order valence-corrected chi connectivity index (χ2v) is 8.03. The molecule has 1 aliphatic heterocycles. The lowest BCUT2D eigenvalue weighted by atomic mass is 9.93. The van der Waals surface area contributed by atoms with E-state index >= 15 is 0 Å². The summed E-state index contributed by atoms with van der Waals surface area (Å²) in [6.45, 7) is 12.5. The maximum Gasteiger partial charge on any atom is 0.0343 e. The Kier molecular flexibility index (Phi) is 4.52. The molecule has 1 aromatic rings. The minimum atomic E-state index is 0.217. The third-order valence-electron chi connectivity index (χ3n) is 3.66.